The van der Waals surface area contributed by atoms with Crippen molar-refractivity contribution in [2.24, 2.45) is 0 Å². The van der Waals surface area contributed by atoms with Crippen LogP contribution in [0.3, 0.4) is 0 Å². The number of carbonyl (C=O) groups excluding carboxylic acids is 1. The van der Waals surface area contributed by atoms with Gasteiger partial charge in [0, 0.05) is 5.56 Å². The van der Waals surface area contributed by atoms with Crippen molar-refractivity contribution in [1.29, 1.82) is 0 Å². The Morgan fingerprint density at radius 3 is 3.00 bits per heavy atom. The van der Waals surface area contributed by atoms with Gasteiger partial charge in [0.05, 0.1) is 16.2 Å². The molecule has 2 rings (SSSR count). The Bertz CT molecular complexity index is 478. The zero-order valence-electron chi connectivity index (χ0n) is 6.48. The number of anilines is 1. The number of carbonyl (C=O) groups is 1. The monoisotopic (exact) mass is 193 g/mol. The van der Waals surface area contributed by atoms with E-state index in [0.717, 1.165) is 11.3 Å². The van der Waals surface area contributed by atoms with Gasteiger partial charge in [0.2, 0.25) is 0 Å². The second-order valence-corrected chi connectivity index (χ2v) is 3.52. The Labute approximate surface area is 77.6 Å². The number of carboxylic acids is 1. The number of nitrogens with zero attached hydrogens (tertiary/aromatic N) is 1. The molecule has 0 amide bonds. The van der Waals surface area contributed by atoms with Gasteiger partial charge in [-0.05, 0) is 6.07 Å². The van der Waals surface area contributed by atoms with Crippen LogP contribution in [0.2, 0.25) is 0 Å². The molecule has 2 N–H and O–H groups in total. The predicted molar refractivity (Wildman–Crippen MR) is 48.4 cm³/mol. The van der Waals surface area contributed by atoms with E-state index in [1.54, 1.807) is 12.1 Å². The first-order valence-electron chi connectivity index (χ1n) is 3.55. The summed E-state index contributed by atoms with van der Waals surface area (Å²) in [6, 6.07) is 4.82. The zero-order valence-corrected chi connectivity index (χ0v) is 7.30. The average Bonchev–Trinajstić information content (AvgIpc) is 2.43. The summed E-state index contributed by atoms with van der Waals surface area (Å²) < 4.78 is 0.569. The van der Waals surface area contributed by atoms with Gasteiger partial charge in [0.25, 0.3) is 0 Å². The molecule has 5 heteroatoms. The van der Waals surface area contributed by atoms with Crippen molar-refractivity contribution in [1.82, 2.24) is 4.98 Å². The lowest BCUT2D eigenvalue weighted by atomic mass is 10.2. The molecule has 2 aromatic rings. The number of carboxylic acid groups (broad SMARTS) is 1. The highest BCUT2D eigenvalue weighted by atomic mass is 32.1. The number of hydrogen-bond donors (Lipinski definition) is 1. The maximum absolute atomic E-state index is 10.7. The van der Waals surface area contributed by atoms with Gasteiger partial charge < -0.3 is 15.6 Å². The molecule has 1 aromatic carbocycles. The fourth-order valence-electron chi connectivity index (χ4n) is 1.13. The minimum absolute atomic E-state index is 0.145. The predicted octanol–water partition coefficient (Wildman–Crippen LogP) is 0.242. The number of benzene rings is 1. The molecule has 0 bridgehead atoms. The number of fused-ring (bicyclic) bond motifs is 1. The van der Waals surface area contributed by atoms with E-state index in [9.17, 15) is 9.90 Å². The van der Waals surface area contributed by atoms with Gasteiger partial charge in [0.1, 0.15) is 0 Å². The van der Waals surface area contributed by atoms with Crippen molar-refractivity contribution in [3.8, 4) is 0 Å². The summed E-state index contributed by atoms with van der Waals surface area (Å²) in [4.78, 5) is 14.6. The lowest BCUT2D eigenvalue weighted by Gasteiger charge is -2.01. The quantitative estimate of drug-likeness (QED) is 0.703. The van der Waals surface area contributed by atoms with E-state index in [1.807, 2.05) is 0 Å². The van der Waals surface area contributed by atoms with Crippen LogP contribution < -0.4 is 10.8 Å². The van der Waals surface area contributed by atoms with Crippen molar-refractivity contribution in [3.05, 3.63) is 23.8 Å². The molecule has 0 radical (unpaired) electrons. The first-order chi connectivity index (χ1) is 6.18. The van der Waals surface area contributed by atoms with Crippen molar-refractivity contribution in [2.45, 2.75) is 0 Å². The molecule has 4 nitrogen and oxygen atoms in total. The Hall–Kier alpha value is -1.62. The Morgan fingerprint density at radius 2 is 2.31 bits per heavy atom. The molecule has 1 aromatic heterocycles. The van der Waals surface area contributed by atoms with E-state index < -0.39 is 5.97 Å². The highest BCUT2D eigenvalue weighted by Gasteiger charge is 2.05. The molecule has 0 aliphatic heterocycles. The third-order valence-electron chi connectivity index (χ3n) is 1.65. The largest absolute Gasteiger partial charge is 0.545 e. The molecule has 0 aliphatic carbocycles. The number of nitrogens with two attached hydrogens (primary N) is 1. The molecule has 0 unspecified atom stereocenters. The smallest absolute Gasteiger partial charge is 0.181 e. The number of aromatic nitrogens is 1. The summed E-state index contributed by atoms with van der Waals surface area (Å²) >= 11 is 1.15. The van der Waals surface area contributed by atoms with Crippen LogP contribution in [0.25, 0.3) is 10.2 Å². The van der Waals surface area contributed by atoms with Crippen LogP contribution in [0.15, 0.2) is 18.2 Å². The van der Waals surface area contributed by atoms with Gasteiger partial charge in [-0.15, -0.1) is 0 Å². The zero-order chi connectivity index (χ0) is 9.42. The standard InChI is InChI=1S/C8H6N2O2S/c9-8-10-5-3-1-2-4(7(11)12)6(5)13-8/h1-3H,(H2,9,10)(H,11,12)/p-1. The third kappa shape index (κ3) is 1.23. The minimum Gasteiger partial charge on any atom is -0.545 e. The molecule has 0 spiro atoms. The van der Waals surface area contributed by atoms with E-state index in [1.165, 1.54) is 6.07 Å². The van der Waals surface area contributed by atoms with Crippen molar-refractivity contribution in [2.75, 3.05) is 5.73 Å². The van der Waals surface area contributed by atoms with E-state index >= 15 is 0 Å². The van der Waals surface area contributed by atoms with Crippen molar-refractivity contribution < 1.29 is 9.90 Å². The lowest BCUT2D eigenvalue weighted by Crippen LogP contribution is -2.22. The fraction of sp³-hybridized carbons (Fsp3) is 0. The van der Waals surface area contributed by atoms with Gasteiger partial charge in [-0.25, -0.2) is 4.98 Å². The first-order valence-corrected chi connectivity index (χ1v) is 4.36. The number of nitrogen functional groups attached to an aromatic ring is 1. The molecule has 0 saturated carbocycles. The van der Waals surface area contributed by atoms with E-state index in [0.29, 0.717) is 15.3 Å². The second-order valence-electron chi connectivity index (χ2n) is 2.49. The number of rotatable bonds is 1. The Balaban J connectivity index is 2.82. The SMILES string of the molecule is Nc1nc2cccc(C(=O)[O-])c2s1. The third-order valence-corrected chi connectivity index (χ3v) is 2.59. The van der Waals surface area contributed by atoms with Gasteiger partial charge in [-0.2, -0.15) is 0 Å². The van der Waals surface area contributed by atoms with Gasteiger partial charge in [0.15, 0.2) is 5.13 Å². The van der Waals surface area contributed by atoms with E-state index in [2.05, 4.69) is 4.98 Å². The molecule has 0 atom stereocenters. The van der Waals surface area contributed by atoms with Crippen LogP contribution in [0.5, 0.6) is 0 Å². The normalized spacial score (nSPS) is 10.5. The molecule has 66 valence electrons. The second kappa shape index (κ2) is 2.70. The fourth-order valence-corrected chi connectivity index (χ4v) is 1.96. The first kappa shape index (κ1) is 8.00. The topological polar surface area (TPSA) is 79.0 Å². The van der Waals surface area contributed by atoms with Crippen LogP contribution in [-0.4, -0.2) is 11.0 Å². The summed E-state index contributed by atoms with van der Waals surface area (Å²) in [5.74, 6) is -1.20. The summed E-state index contributed by atoms with van der Waals surface area (Å²) in [6.45, 7) is 0. The van der Waals surface area contributed by atoms with Crippen LogP contribution in [0.1, 0.15) is 10.4 Å². The van der Waals surface area contributed by atoms with Gasteiger partial charge >= 0.3 is 0 Å². The van der Waals surface area contributed by atoms with Gasteiger partial charge in [-0.3, -0.25) is 0 Å². The summed E-state index contributed by atoms with van der Waals surface area (Å²) in [6.07, 6.45) is 0. The lowest BCUT2D eigenvalue weighted by molar-refractivity contribution is -0.254. The molecule has 13 heavy (non-hydrogen) atoms. The van der Waals surface area contributed by atoms with Crippen molar-refractivity contribution in [3.63, 3.8) is 0 Å². The van der Waals surface area contributed by atoms with Crippen LogP contribution >= 0.6 is 11.3 Å². The molecular weight excluding hydrogens is 188 g/mol. The highest BCUT2D eigenvalue weighted by Crippen LogP contribution is 2.26. The molecular formula is C8H5N2O2S-. The molecule has 1 heterocycles. The van der Waals surface area contributed by atoms with Crippen LogP contribution in [0, 0.1) is 0 Å². The van der Waals surface area contributed by atoms with Crippen LogP contribution in [0.4, 0.5) is 5.13 Å². The number of thiazole rings is 1. The Morgan fingerprint density at radius 1 is 1.54 bits per heavy atom. The van der Waals surface area contributed by atoms with E-state index in [-0.39, 0.29) is 5.56 Å². The average molecular weight is 193 g/mol. The minimum atomic E-state index is -1.20. The number of aromatic carboxylic acids is 1. The molecule has 0 fully saturated rings. The highest BCUT2D eigenvalue weighted by molar-refractivity contribution is 7.22. The van der Waals surface area contributed by atoms with Gasteiger partial charge in [-0.1, -0.05) is 23.5 Å². The summed E-state index contributed by atoms with van der Waals surface area (Å²) in [7, 11) is 0. The number of hydrogen-bond acceptors (Lipinski definition) is 5. The maximum Gasteiger partial charge on any atom is 0.181 e. The summed E-state index contributed by atoms with van der Waals surface area (Å²) in [5, 5.41) is 11.0. The summed E-state index contributed by atoms with van der Waals surface area (Å²) in [5.41, 5.74) is 6.20. The molecule has 0 saturated heterocycles. The Kier molecular flexibility index (Phi) is 1.66. The maximum atomic E-state index is 10.7. The van der Waals surface area contributed by atoms with E-state index in [4.69, 9.17) is 5.73 Å². The van der Waals surface area contributed by atoms with Crippen molar-refractivity contribution >= 4 is 32.7 Å². The van der Waals surface area contributed by atoms with Crippen LogP contribution in [-0.2, 0) is 0 Å². The molecule has 0 aliphatic rings.